The molecule has 0 fully saturated rings. The molecule has 2 amide bonds. The molecule has 0 aliphatic rings. The second kappa shape index (κ2) is 7.25. The van der Waals surface area contributed by atoms with Crippen molar-refractivity contribution < 1.29 is 14.3 Å². The molecule has 1 aromatic carbocycles. The van der Waals surface area contributed by atoms with Crippen LogP contribution >= 0.6 is 0 Å². The molecule has 0 aliphatic carbocycles. The van der Waals surface area contributed by atoms with Crippen molar-refractivity contribution in [3.8, 4) is 5.75 Å². The van der Waals surface area contributed by atoms with Crippen LogP contribution in [0.4, 0.5) is 5.69 Å². The Balaban J connectivity index is 2.58. The predicted molar refractivity (Wildman–Crippen MR) is 73.0 cm³/mol. The molecule has 0 spiro atoms. The van der Waals surface area contributed by atoms with Crippen LogP contribution in [0, 0.1) is 0 Å². The molecular weight excluding hydrogens is 246 g/mol. The molecule has 0 aliphatic heterocycles. The average Bonchev–Trinajstić information content (AvgIpc) is 2.38. The standard InChI is InChI=1S/C13H19N3O3/c1-3-15-12(17)6-7-16-13(18)10-8-9(14)4-5-11(10)19-2/h4-5,8H,3,6-7,14H2,1-2H3,(H,15,17)(H,16,18). The molecule has 0 saturated carbocycles. The number of hydrogen-bond acceptors (Lipinski definition) is 4. The summed E-state index contributed by atoms with van der Waals surface area (Å²) in [5, 5.41) is 5.31. The van der Waals surface area contributed by atoms with E-state index in [1.807, 2.05) is 6.92 Å². The van der Waals surface area contributed by atoms with Crippen molar-refractivity contribution in [2.45, 2.75) is 13.3 Å². The molecule has 0 saturated heterocycles. The summed E-state index contributed by atoms with van der Waals surface area (Å²) in [4.78, 5) is 23.2. The zero-order valence-corrected chi connectivity index (χ0v) is 11.2. The zero-order chi connectivity index (χ0) is 14.3. The van der Waals surface area contributed by atoms with Crippen LogP contribution in [0.25, 0.3) is 0 Å². The fraction of sp³-hybridized carbons (Fsp3) is 0.385. The molecule has 6 nitrogen and oxygen atoms in total. The number of nitrogens with one attached hydrogen (secondary N) is 2. The van der Waals surface area contributed by atoms with Crippen LogP contribution < -0.4 is 21.1 Å². The third-order valence-electron chi connectivity index (χ3n) is 2.48. The highest BCUT2D eigenvalue weighted by atomic mass is 16.5. The third kappa shape index (κ3) is 4.50. The molecule has 0 heterocycles. The van der Waals surface area contributed by atoms with Crippen LogP contribution in [-0.2, 0) is 4.79 Å². The van der Waals surface area contributed by atoms with Crippen LogP contribution in [-0.4, -0.2) is 32.0 Å². The fourth-order valence-corrected chi connectivity index (χ4v) is 1.57. The molecule has 1 rings (SSSR count). The number of carbonyl (C=O) groups excluding carboxylic acids is 2. The minimum absolute atomic E-state index is 0.0951. The number of benzene rings is 1. The lowest BCUT2D eigenvalue weighted by atomic mass is 10.1. The van der Waals surface area contributed by atoms with Crippen molar-refractivity contribution in [1.29, 1.82) is 0 Å². The van der Waals surface area contributed by atoms with Gasteiger partial charge in [-0.05, 0) is 25.1 Å². The highest BCUT2D eigenvalue weighted by molar-refractivity contribution is 5.98. The monoisotopic (exact) mass is 265 g/mol. The number of anilines is 1. The van der Waals surface area contributed by atoms with Crippen molar-refractivity contribution in [1.82, 2.24) is 10.6 Å². The van der Waals surface area contributed by atoms with Gasteiger partial charge in [0.2, 0.25) is 5.91 Å². The van der Waals surface area contributed by atoms with Gasteiger partial charge in [-0.2, -0.15) is 0 Å². The van der Waals surface area contributed by atoms with Gasteiger partial charge in [0.25, 0.3) is 5.91 Å². The van der Waals surface area contributed by atoms with Gasteiger partial charge in [-0.25, -0.2) is 0 Å². The van der Waals surface area contributed by atoms with Crippen LogP contribution in [0.2, 0.25) is 0 Å². The molecule has 4 N–H and O–H groups in total. The maximum atomic E-state index is 11.9. The third-order valence-corrected chi connectivity index (χ3v) is 2.48. The Kier molecular flexibility index (Phi) is 5.66. The Bertz CT molecular complexity index is 460. The number of ether oxygens (including phenoxy) is 1. The van der Waals surface area contributed by atoms with E-state index in [1.54, 1.807) is 18.2 Å². The van der Waals surface area contributed by atoms with Crippen LogP contribution in [0.1, 0.15) is 23.7 Å². The molecule has 1 aromatic rings. The van der Waals surface area contributed by atoms with E-state index in [-0.39, 0.29) is 24.8 Å². The molecule has 0 aromatic heterocycles. The Morgan fingerprint density at radius 3 is 2.68 bits per heavy atom. The van der Waals surface area contributed by atoms with Gasteiger partial charge in [-0.1, -0.05) is 0 Å². The Labute approximate surface area is 112 Å². The number of methoxy groups -OCH3 is 1. The minimum Gasteiger partial charge on any atom is -0.496 e. The second-order valence-electron chi connectivity index (χ2n) is 3.92. The lowest BCUT2D eigenvalue weighted by molar-refractivity contribution is -0.120. The molecule has 6 heteroatoms. The number of nitrogens with two attached hydrogens (primary N) is 1. The quantitative estimate of drug-likeness (QED) is 0.654. The maximum absolute atomic E-state index is 11.9. The maximum Gasteiger partial charge on any atom is 0.255 e. The fourth-order valence-electron chi connectivity index (χ4n) is 1.57. The normalized spacial score (nSPS) is 9.79. The largest absolute Gasteiger partial charge is 0.496 e. The predicted octanol–water partition coefficient (Wildman–Crippen LogP) is 0.533. The van der Waals surface area contributed by atoms with Crippen molar-refractivity contribution in [3.05, 3.63) is 23.8 Å². The molecule has 0 atom stereocenters. The van der Waals surface area contributed by atoms with Crippen LogP contribution in [0.15, 0.2) is 18.2 Å². The van der Waals surface area contributed by atoms with Crippen molar-refractivity contribution in [3.63, 3.8) is 0 Å². The number of hydrogen-bond donors (Lipinski definition) is 3. The van der Waals surface area contributed by atoms with Gasteiger partial charge in [0.05, 0.1) is 12.7 Å². The van der Waals surface area contributed by atoms with E-state index in [4.69, 9.17) is 10.5 Å². The van der Waals surface area contributed by atoms with Gasteiger partial charge in [0, 0.05) is 25.2 Å². The summed E-state index contributed by atoms with van der Waals surface area (Å²) >= 11 is 0. The van der Waals surface area contributed by atoms with Crippen molar-refractivity contribution in [2.75, 3.05) is 25.9 Å². The molecular formula is C13H19N3O3. The van der Waals surface area contributed by atoms with Crippen LogP contribution in [0.5, 0.6) is 5.75 Å². The van der Waals surface area contributed by atoms with E-state index in [1.165, 1.54) is 7.11 Å². The number of carbonyl (C=O) groups is 2. The first kappa shape index (κ1) is 14.8. The van der Waals surface area contributed by atoms with Crippen molar-refractivity contribution >= 4 is 17.5 Å². The summed E-state index contributed by atoms with van der Waals surface area (Å²) in [7, 11) is 1.48. The van der Waals surface area contributed by atoms with E-state index in [0.29, 0.717) is 23.5 Å². The van der Waals surface area contributed by atoms with E-state index in [2.05, 4.69) is 10.6 Å². The highest BCUT2D eigenvalue weighted by Crippen LogP contribution is 2.20. The van der Waals surface area contributed by atoms with E-state index >= 15 is 0 Å². The average molecular weight is 265 g/mol. The first-order valence-corrected chi connectivity index (χ1v) is 6.07. The summed E-state index contributed by atoms with van der Waals surface area (Å²) in [6, 6.07) is 4.83. The topological polar surface area (TPSA) is 93.5 Å². The SMILES string of the molecule is CCNC(=O)CCNC(=O)c1cc(N)ccc1OC. The first-order chi connectivity index (χ1) is 9.08. The smallest absolute Gasteiger partial charge is 0.255 e. The van der Waals surface area contributed by atoms with Gasteiger partial charge in [0.1, 0.15) is 5.75 Å². The summed E-state index contributed by atoms with van der Waals surface area (Å²) in [6.07, 6.45) is 0.240. The molecule has 104 valence electrons. The highest BCUT2D eigenvalue weighted by Gasteiger charge is 2.12. The summed E-state index contributed by atoms with van der Waals surface area (Å²) < 4.78 is 5.09. The van der Waals surface area contributed by atoms with Crippen molar-refractivity contribution in [2.24, 2.45) is 0 Å². The summed E-state index contributed by atoms with van der Waals surface area (Å²) in [6.45, 7) is 2.69. The van der Waals surface area contributed by atoms with Gasteiger partial charge >= 0.3 is 0 Å². The van der Waals surface area contributed by atoms with Gasteiger partial charge in [-0.3, -0.25) is 9.59 Å². The number of rotatable bonds is 6. The van der Waals surface area contributed by atoms with E-state index in [9.17, 15) is 9.59 Å². The minimum atomic E-state index is -0.312. The Morgan fingerprint density at radius 1 is 1.32 bits per heavy atom. The van der Waals surface area contributed by atoms with Gasteiger partial charge < -0.3 is 21.1 Å². The molecule has 0 radical (unpaired) electrons. The Hall–Kier alpha value is -2.24. The summed E-state index contributed by atoms with van der Waals surface area (Å²) in [5.74, 6) is 0.0421. The summed E-state index contributed by atoms with van der Waals surface area (Å²) in [5.41, 5.74) is 6.48. The lowest BCUT2D eigenvalue weighted by Gasteiger charge is -2.10. The van der Waals surface area contributed by atoms with E-state index < -0.39 is 0 Å². The van der Waals surface area contributed by atoms with E-state index in [0.717, 1.165) is 0 Å². The van der Waals surface area contributed by atoms with Crippen LogP contribution in [0.3, 0.4) is 0 Å². The molecule has 0 unspecified atom stereocenters. The van der Waals surface area contributed by atoms with Gasteiger partial charge in [0.15, 0.2) is 0 Å². The molecule has 0 bridgehead atoms. The zero-order valence-electron chi connectivity index (χ0n) is 11.2. The number of amides is 2. The van der Waals surface area contributed by atoms with Gasteiger partial charge in [-0.15, -0.1) is 0 Å². The Morgan fingerprint density at radius 2 is 2.05 bits per heavy atom. The number of nitrogen functional groups attached to an aromatic ring is 1. The molecule has 19 heavy (non-hydrogen) atoms. The lowest BCUT2D eigenvalue weighted by Crippen LogP contribution is -2.30. The second-order valence-corrected chi connectivity index (χ2v) is 3.92. The first-order valence-electron chi connectivity index (χ1n) is 6.07.